The summed E-state index contributed by atoms with van der Waals surface area (Å²) in [5, 5.41) is 23.0. The molecule has 3 aromatic carbocycles. The molecule has 1 aliphatic heterocycles. The third-order valence-corrected chi connectivity index (χ3v) is 6.88. The maximum absolute atomic E-state index is 13.0. The van der Waals surface area contributed by atoms with Crippen molar-refractivity contribution in [3.05, 3.63) is 83.4 Å². The van der Waals surface area contributed by atoms with Gasteiger partial charge in [0.25, 0.3) is 5.91 Å². The zero-order valence-corrected chi connectivity index (χ0v) is 21.2. The van der Waals surface area contributed by atoms with Crippen LogP contribution in [0.1, 0.15) is 44.4 Å². The Morgan fingerprint density at radius 3 is 2.03 bits per heavy atom. The SMILES string of the molecule is CC(=O)Nc1ccc(N2C(=O)CC(Sc3ccc(NC(=O)c4ccc(C(=O)O)cc4C(=O)O)cc3)C2=O)cc1. The lowest BCUT2D eigenvalue weighted by Crippen LogP contribution is -2.31. The zero-order valence-electron chi connectivity index (χ0n) is 20.3. The van der Waals surface area contributed by atoms with Crippen LogP contribution < -0.4 is 15.5 Å². The molecule has 0 aromatic heterocycles. The lowest BCUT2D eigenvalue weighted by molar-refractivity contribution is -0.121. The average molecular weight is 548 g/mol. The fourth-order valence-electron chi connectivity index (χ4n) is 3.90. The first-order valence-electron chi connectivity index (χ1n) is 11.5. The first-order valence-corrected chi connectivity index (χ1v) is 12.3. The minimum absolute atomic E-state index is 0.000260. The number of aromatic carboxylic acids is 2. The number of hydrogen-bond donors (Lipinski definition) is 4. The second-order valence-electron chi connectivity index (χ2n) is 8.46. The van der Waals surface area contributed by atoms with Gasteiger partial charge in [0.05, 0.1) is 27.6 Å². The molecule has 12 heteroatoms. The van der Waals surface area contributed by atoms with Gasteiger partial charge in [0.2, 0.25) is 17.7 Å². The summed E-state index contributed by atoms with van der Waals surface area (Å²) in [6, 6.07) is 16.0. The zero-order chi connectivity index (χ0) is 28.3. The van der Waals surface area contributed by atoms with Crippen LogP contribution >= 0.6 is 11.8 Å². The van der Waals surface area contributed by atoms with Crippen LogP contribution in [0.15, 0.2) is 71.6 Å². The van der Waals surface area contributed by atoms with E-state index in [1.54, 1.807) is 48.5 Å². The first-order chi connectivity index (χ1) is 18.5. The smallest absolute Gasteiger partial charge is 0.336 e. The van der Waals surface area contributed by atoms with Crippen LogP contribution in [0.5, 0.6) is 0 Å². The van der Waals surface area contributed by atoms with Gasteiger partial charge in [-0.1, -0.05) is 0 Å². The van der Waals surface area contributed by atoms with E-state index < -0.39 is 28.7 Å². The van der Waals surface area contributed by atoms with Crippen molar-refractivity contribution >= 4 is 64.4 Å². The summed E-state index contributed by atoms with van der Waals surface area (Å²) in [4.78, 5) is 73.9. The molecule has 1 heterocycles. The van der Waals surface area contributed by atoms with Crippen LogP contribution in [0.4, 0.5) is 17.1 Å². The number of carboxylic acids is 2. The summed E-state index contributed by atoms with van der Waals surface area (Å²) >= 11 is 1.19. The molecular formula is C27H21N3O8S. The fourth-order valence-corrected chi connectivity index (χ4v) is 4.95. The number of carbonyl (C=O) groups excluding carboxylic acids is 4. The van der Waals surface area contributed by atoms with Gasteiger partial charge in [-0.3, -0.25) is 19.2 Å². The molecule has 11 nitrogen and oxygen atoms in total. The number of nitrogens with one attached hydrogen (secondary N) is 2. The minimum Gasteiger partial charge on any atom is -0.478 e. The van der Waals surface area contributed by atoms with Gasteiger partial charge in [0, 0.05) is 29.6 Å². The van der Waals surface area contributed by atoms with Crippen molar-refractivity contribution in [2.45, 2.75) is 23.5 Å². The Balaban J connectivity index is 1.42. The molecule has 4 rings (SSSR count). The summed E-state index contributed by atoms with van der Waals surface area (Å²) in [5.74, 6) is -4.46. The molecule has 0 aliphatic carbocycles. The number of benzene rings is 3. The van der Waals surface area contributed by atoms with Gasteiger partial charge in [-0.15, -0.1) is 11.8 Å². The maximum atomic E-state index is 13.0. The molecule has 1 atom stereocenters. The van der Waals surface area contributed by atoms with E-state index in [2.05, 4.69) is 10.6 Å². The van der Waals surface area contributed by atoms with Crippen LogP contribution in [0.2, 0.25) is 0 Å². The predicted octanol–water partition coefficient (Wildman–Crippen LogP) is 3.72. The lowest BCUT2D eigenvalue weighted by atomic mass is 10.0. The lowest BCUT2D eigenvalue weighted by Gasteiger charge is -2.15. The van der Waals surface area contributed by atoms with Crippen molar-refractivity contribution in [2.75, 3.05) is 15.5 Å². The molecular weight excluding hydrogens is 526 g/mol. The molecule has 0 bridgehead atoms. The van der Waals surface area contributed by atoms with E-state index in [1.807, 2.05) is 0 Å². The molecule has 3 aromatic rings. The number of amides is 4. The molecule has 1 aliphatic rings. The molecule has 1 saturated heterocycles. The summed E-state index contributed by atoms with van der Waals surface area (Å²) in [7, 11) is 0. The van der Waals surface area contributed by atoms with Gasteiger partial charge in [-0.2, -0.15) is 0 Å². The fraction of sp³-hybridized carbons (Fsp3) is 0.111. The second kappa shape index (κ2) is 11.2. The molecule has 0 saturated carbocycles. The van der Waals surface area contributed by atoms with Crippen LogP contribution in [0.3, 0.4) is 0 Å². The largest absolute Gasteiger partial charge is 0.478 e. The Kier molecular flexibility index (Phi) is 7.77. The Hall–Kier alpha value is -4.97. The highest BCUT2D eigenvalue weighted by Gasteiger charge is 2.40. The van der Waals surface area contributed by atoms with Gasteiger partial charge in [0.15, 0.2) is 0 Å². The predicted molar refractivity (Wildman–Crippen MR) is 142 cm³/mol. The first kappa shape index (κ1) is 27.1. The van der Waals surface area contributed by atoms with Gasteiger partial charge in [-0.25, -0.2) is 14.5 Å². The van der Waals surface area contributed by atoms with E-state index in [0.29, 0.717) is 22.0 Å². The molecule has 0 spiro atoms. The Labute approximate surface area is 225 Å². The third-order valence-electron chi connectivity index (χ3n) is 5.68. The second-order valence-corrected chi connectivity index (χ2v) is 9.73. The number of nitrogens with zero attached hydrogens (tertiary/aromatic N) is 1. The summed E-state index contributed by atoms with van der Waals surface area (Å²) in [5.41, 5.74) is 0.380. The third kappa shape index (κ3) is 6.13. The average Bonchev–Trinajstić information content (AvgIpc) is 3.17. The standard InChI is InChI=1S/C27H21N3O8S/c1-14(31)28-16-3-7-18(8-4-16)30-23(32)13-22(25(30)34)39-19-9-5-17(6-10-19)29-24(33)20-11-2-15(26(35)36)12-21(20)27(37)38/h2-12,22H,13H2,1H3,(H,28,31)(H,29,33)(H,35,36)(H,37,38). The topological polar surface area (TPSA) is 170 Å². The summed E-state index contributed by atoms with van der Waals surface area (Å²) in [6.07, 6.45) is -0.000260. The van der Waals surface area contributed by atoms with Gasteiger partial charge in [0.1, 0.15) is 0 Å². The van der Waals surface area contributed by atoms with Crippen molar-refractivity contribution in [3.8, 4) is 0 Å². The van der Waals surface area contributed by atoms with Crippen molar-refractivity contribution in [1.82, 2.24) is 0 Å². The van der Waals surface area contributed by atoms with E-state index in [4.69, 9.17) is 5.11 Å². The Bertz CT molecular complexity index is 1500. The monoisotopic (exact) mass is 547 g/mol. The molecule has 1 fully saturated rings. The Morgan fingerprint density at radius 2 is 1.44 bits per heavy atom. The van der Waals surface area contributed by atoms with E-state index >= 15 is 0 Å². The number of anilines is 3. The van der Waals surface area contributed by atoms with Gasteiger partial charge >= 0.3 is 11.9 Å². The van der Waals surface area contributed by atoms with Crippen LogP contribution in [-0.2, 0) is 14.4 Å². The molecule has 0 radical (unpaired) electrons. The number of rotatable bonds is 8. The maximum Gasteiger partial charge on any atom is 0.336 e. The minimum atomic E-state index is -1.44. The molecule has 4 amide bonds. The normalized spacial score (nSPS) is 14.7. The van der Waals surface area contributed by atoms with Crippen molar-refractivity contribution in [2.24, 2.45) is 0 Å². The Morgan fingerprint density at radius 1 is 0.821 bits per heavy atom. The molecule has 39 heavy (non-hydrogen) atoms. The van der Waals surface area contributed by atoms with Gasteiger partial charge < -0.3 is 20.8 Å². The molecule has 4 N–H and O–H groups in total. The highest BCUT2D eigenvalue weighted by atomic mass is 32.2. The van der Waals surface area contributed by atoms with Crippen molar-refractivity contribution < 1.29 is 39.0 Å². The number of imide groups is 1. The van der Waals surface area contributed by atoms with E-state index in [9.17, 15) is 33.9 Å². The van der Waals surface area contributed by atoms with Crippen molar-refractivity contribution in [1.29, 1.82) is 0 Å². The van der Waals surface area contributed by atoms with Gasteiger partial charge in [-0.05, 0) is 66.7 Å². The molecule has 1 unspecified atom stereocenters. The number of carboxylic acid groups (broad SMARTS) is 2. The van der Waals surface area contributed by atoms with Crippen molar-refractivity contribution in [3.63, 3.8) is 0 Å². The van der Waals surface area contributed by atoms with Crippen LogP contribution in [0, 0.1) is 0 Å². The van der Waals surface area contributed by atoms with E-state index in [-0.39, 0.29) is 35.3 Å². The van der Waals surface area contributed by atoms with E-state index in [0.717, 1.165) is 23.1 Å². The quantitative estimate of drug-likeness (QED) is 0.307. The molecule has 198 valence electrons. The van der Waals surface area contributed by atoms with Crippen LogP contribution in [0.25, 0.3) is 0 Å². The number of carbonyl (C=O) groups is 6. The highest BCUT2D eigenvalue weighted by molar-refractivity contribution is 8.00. The summed E-state index contributed by atoms with van der Waals surface area (Å²) < 4.78 is 0. The van der Waals surface area contributed by atoms with Crippen LogP contribution in [-0.4, -0.2) is 51.0 Å². The van der Waals surface area contributed by atoms with E-state index in [1.165, 1.54) is 18.7 Å². The summed E-state index contributed by atoms with van der Waals surface area (Å²) in [6.45, 7) is 1.38. The number of hydrogen-bond acceptors (Lipinski definition) is 7. The highest BCUT2D eigenvalue weighted by Crippen LogP contribution is 2.34. The number of thioether (sulfide) groups is 1.